The molecule has 0 heterocycles. The molecule has 0 radical (unpaired) electrons. The maximum Gasteiger partial charge on any atom is -0.00179 e. The highest BCUT2D eigenvalue weighted by Crippen LogP contribution is 2.32. The van der Waals surface area contributed by atoms with E-state index < -0.39 is 0 Å². The minimum Gasteiger partial charge on any atom is -0.0662 e. The molecule has 0 saturated carbocycles. The van der Waals surface area contributed by atoms with Crippen LogP contribution in [0.5, 0.6) is 0 Å². The molecule has 0 fully saturated rings. The highest BCUT2D eigenvalue weighted by atomic mass is 14.2. The van der Waals surface area contributed by atoms with Crippen LogP contribution in [0.1, 0.15) is 47.0 Å². The summed E-state index contributed by atoms with van der Waals surface area (Å²) in [6, 6.07) is 0. The topological polar surface area (TPSA) is 0 Å². The SMILES string of the molecule is CCCCC1=C(C)C(C)C(C)=C1. The second-order valence-corrected chi connectivity index (χ2v) is 3.92. The molecule has 68 valence electrons. The molecule has 0 amide bonds. The Morgan fingerprint density at radius 1 is 1.33 bits per heavy atom. The van der Waals surface area contributed by atoms with Crippen LogP contribution in [0, 0.1) is 5.92 Å². The van der Waals surface area contributed by atoms with E-state index in [1.165, 1.54) is 19.3 Å². The molecule has 0 aromatic carbocycles. The van der Waals surface area contributed by atoms with Gasteiger partial charge in [0.15, 0.2) is 0 Å². The van der Waals surface area contributed by atoms with Gasteiger partial charge in [-0.1, -0.05) is 37.5 Å². The molecule has 0 spiro atoms. The molecule has 0 N–H and O–H groups in total. The Kier molecular flexibility index (Phi) is 3.13. The second-order valence-electron chi connectivity index (χ2n) is 3.92. The van der Waals surface area contributed by atoms with E-state index in [4.69, 9.17) is 0 Å². The first-order chi connectivity index (χ1) is 5.66. The van der Waals surface area contributed by atoms with E-state index in [9.17, 15) is 0 Å². The van der Waals surface area contributed by atoms with Gasteiger partial charge in [-0.15, -0.1) is 0 Å². The average molecular weight is 164 g/mol. The zero-order valence-electron chi connectivity index (χ0n) is 8.78. The minimum atomic E-state index is 0.705. The van der Waals surface area contributed by atoms with Crippen molar-refractivity contribution in [2.75, 3.05) is 0 Å². The standard InChI is InChI=1S/C12H20/c1-5-6-7-12-8-9(2)10(3)11(12)4/h8,10H,5-7H2,1-4H3. The minimum absolute atomic E-state index is 0.705. The summed E-state index contributed by atoms with van der Waals surface area (Å²) in [7, 11) is 0. The van der Waals surface area contributed by atoms with Crippen LogP contribution >= 0.6 is 0 Å². The molecule has 0 saturated heterocycles. The summed E-state index contributed by atoms with van der Waals surface area (Å²) in [5.74, 6) is 0.705. The summed E-state index contributed by atoms with van der Waals surface area (Å²) < 4.78 is 0. The van der Waals surface area contributed by atoms with Crippen LogP contribution in [0.4, 0.5) is 0 Å². The van der Waals surface area contributed by atoms with Crippen LogP contribution < -0.4 is 0 Å². The lowest BCUT2D eigenvalue weighted by Crippen LogP contribution is -1.92. The molecule has 1 rings (SSSR count). The highest BCUT2D eigenvalue weighted by Gasteiger charge is 2.16. The smallest absolute Gasteiger partial charge is 0.00179 e. The van der Waals surface area contributed by atoms with E-state index in [2.05, 4.69) is 33.8 Å². The first kappa shape index (κ1) is 9.57. The molecule has 0 bridgehead atoms. The summed E-state index contributed by atoms with van der Waals surface area (Å²) in [5.41, 5.74) is 4.74. The molecule has 0 aliphatic heterocycles. The molecule has 0 aromatic heterocycles. The van der Waals surface area contributed by atoms with Gasteiger partial charge in [-0.3, -0.25) is 0 Å². The van der Waals surface area contributed by atoms with Gasteiger partial charge >= 0.3 is 0 Å². The summed E-state index contributed by atoms with van der Waals surface area (Å²) in [6.45, 7) is 9.08. The van der Waals surface area contributed by atoms with Gasteiger partial charge in [0, 0.05) is 0 Å². The monoisotopic (exact) mass is 164 g/mol. The van der Waals surface area contributed by atoms with E-state index in [0.717, 1.165) is 0 Å². The van der Waals surface area contributed by atoms with Gasteiger partial charge in [-0.2, -0.15) is 0 Å². The van der Waals surface area contributed by atoms with Crippen LogP contribution in [-0.4, -0.2) is 0 Å². The average Bonchev–Trinajstić information content (AvgIpc) is 2.30. The number of rotatable bonds is 3. The number of allylic oxidation sites excluding steroid dienone is 4. The number of unbranched alkanes of at least 4 members (excludes halogenated alkanes) is 1. The summed E-state index contributed by atoms with van der Waals surface area (Å²) in [4.78, 5) is 0. The third-order valence-corrected chi connectivity index (χ3v) is 3.04. The van der Waals surface area contributed by atoms with Crippen LogP contribution in [0.2, 0.25) is 0 Å². The molecule has 12 heavy (non-hydrogen) atoms. The van der Waals surface area contributed by atoms with Crippen molar-refractivity contribution < 1.29 is 0 Å². The van der Waals surface area contributed by atoms with Crippen molar-refractivity contribution in [3.8, 4) is 0 Å². The molecule has 0 aromatic rings. The fourth-order valence-corrected chi connectivity index (χ4v) is 1.77. The summed E-state index contributed by atoms with van der Waals surface area (Å²) >= 11 is 0. The predicted octanol–water partition coefficient (Wildman–Crippen LogP) is 4.09. The van der Waals surface area contributed by atoms with Gasteiger partial charge in [-0.25, -0.2) is 0 Å². The summed E-state index contributed by atoms with van der Waals surface area (Å²) in [5, 5.41) is 0. The van der Waals surface area contributed by atoms with Crippen molar-refractivity contribution in [3.05, 3.63) is 22.8 Å². The van der Waals surface area contributed by atoms with Gasteiger partial charge in [0.1, 0.15) is 0 Å². The Morgan fingerprint density at radius 3 is 2.42 bits per heavy atom. The van der Waals surface area contributed by atoms with Gasteiger partial charge in [0.2, 0.25) is 0 Å². The largest absolute Gasteiger partial charge is 0.0662 e. The molecule has 1 aliphatic carbocycles. The van der Waals surface area contributed by atoms with E-state index in [0.29, 0.717) is 5.92 Å². The fraction of sp³-hybridized carbons (Fsp3) is 0.667. The lowest BCUT2D eigenvalue weighted by atomic mass is 9.98. The number of hydrogen-bond acceptors (Lipinski definition) is 0. The Hall–Kier alpha value is -0.520. The first-order valence-electron chi connectivity index (χ1n) is 5.04. The van der Waals surface area contributed by atoms with Crippen LogP contribution in [0.15, 0.2) is 22.8 Å². The zero-order valence-corrected chi connectivity index (χ0v) is 8.78. The van der Waals surface area contributed by atoms with Gasteiger partial charge in [0.05, 0.1) is 0 Å². The van der Waals surface area contributed by atoms with Crippen LogP contribution in [-0.2, 0) is 0 Å². The fourth-order valence-electron chi connectivity index (χ4n) is 1.77. The third-order valence-electron chi connectivity index (χ3n) is 3.04. The lowest BCUT2D eigenvalue weighted by molar-refractivity contribution is 0.775. The van der Waals surface area contributed by atoms with Crippen molar-refractivity contribution in [1.29, 1.82) is 0 Å². The third kappa shape index (κ3) is 1.80. The van der Waals surface area contributed by atoms with Crippen molar-refractivity contribution in [2.45, 2.75) is 47.0 Å². The lowest BCUT2D eigenvalue weighted by Gasteiger charge is -2.07. The van der Waals surface area contributed by atoms with Crippen LogP contribution in [0.25, 0.3) is 0 Å². The maximum atomic E-state index is 2.38. The Bertz CT molecular complexity index is 218. The van der Waals surface area contributed by atoms with E-state index >= 15 is 0 Å². The van der Waals surface area contributed by atoms with Crippen molar-refractivity contribution >= 4 is 0 Å². The molecule has 0 heteroatoms. The molecule has 0 nitrogen and oxygen atoms in total. The second kappa shape index (κ2) is 3.93. The zero-order chi connectivity index (χ0) is 9.14. The van der Waals surface area contributed by atoms with Crippen molar-refractivity contribution in [1.82, 2.24) is 0 Å². The quantitative estimate of drug-likeness (QED) is 0.589. The Morgan fingerprint density at radius 2 is 2.00 bits per heavy atom. The maximum absolute atomic E-state index is 2.38. The number of hydrogen-bond donors (Lipinski definition) is 0. The van der Waals surface area contributed by atoms with Gasteiger partial charge < -0.3 is 0 Å². The first-order valence-corrected chi connectivity index (χ1v) is 5.04. The summed E-state index contributed by atoms with van der Waals surface area (Å²) in [6.07, 6.45) is 6.31. The van der Waals surface area contributed by atoms with Crippen molar-refractivity contribution in [2.24, 2.45) is 5.92 Å². The Balaban J connectivity index is 2.63. The molecule has 1 aliphatic rings. The van der Waals surface area contributed by atoms with E-state index in [-0.39, 0.29) is 0 Å². The van der Waals surface area contributed by atoms with Crippen molar-refractivity contribution in [3.63, 3.8) is 0 Å². The predicted molar refractivity (Wildman–Crippen MR) is 55.1 cm³/mol. The molecular weight excluding hydrogens is 144 g/mol. The highest BCUT2D eigenvalue weighted by molar-refractivity contribution is 5.39. The molecule has 1 atom stereocenters. The molecule has 1 unspecified atom stereocenters. The molecular formula is C12H20. The van der Waals surface area contributed by atoms with Gasteiger partial charge in [0.25, 0.3) is 0 Å². The van der Waals surface area contributed by atoms with Crippen LogP contribution in [0.3, 0.4) is 0 Å². The van der Waals surface area contributed by atoms with Gasteiger partial charge in [-0.05, 0) is 38.2 Å². The Labute approximate surface area is 76.4 Å². The normalized spacial score (nSPS) is 23.3. The van der Waals surface area contributed by atoms with E-state index in [1.54, 1.807) is 16.7 Å². The van der Waals surface area contributed by atoms with E-state index in [1.807, 2.05) is 0 Å².